The lowest BCUT2D eigenvalue weighted by molar-refractivity contribution is 0.0253. The lowest BCUT2D eigenvalue weighted by atomic mass is 10.1. The van der Waals surface area contributed by atoms with Crippen LogP contribution in [0.2, 0.25) is 0 Å². The fraction of sp³-hybridized carbons (Fsp3) is 0.263. The highest BCUT2D eigenvalue weighted by Gasteiger charge is 2.20. The monoisotopic (exact) mass is 369 g/mol. The molecular formula is C19H17F2N5O. The molecule has 4 heterocycles. The van der Waals surface area contributed by atoms with Crippen molar-refractivity contribution in [3.05, 3.63) is 54.1 Å². The van der Waals surface area contributed by atoms with Crippen molar-refractivity contribution >= 4 is 16.6 Å². The number of hydrogen-bond acceptors (Lipinski definition) is 4. The van der Waals surface area contributed by atoms with E-state index in [1.165, 1.54) is 12.1 Å². The minimum atomic E-state index is -0.464. The zero-order chi connectivity index (χ0) is 18.5. The molecule has 1 N–H and O–H groups in total. The number of rotatable bonds is 2. The Hall–Kier alpha value is -2.84. The number of pyridine rings is 1. The number of aromatic nitrogens is 4. The highest BCUT2D eigenvalue weighted by Crippen LogP contribution is 2.28. The van der Waals surface area contributed by atoms with Gasteiger partial charge in [0.05, 0.1) is 12.3 Å². The third-order valence-electron chi connectivity index (χ3n) is 4.79. The molecule has 5 rings (SSSR count). The number of nitrogens with one attached hydrogen (secondary N) is 1. The highest BCUT2D eigenvalue weighted by atomic mass is 19.1. The first-order valence-corrected chi connectivity index (χ1v) is 8.72. The number of aryl methyl sites for hydroxylation is 1. The molecule has 1 fully saturated rings. The Labute approximate surface area is 153 Å². The minimum absolute atomic E-state index is 0.203. The van der Waals surface area contributed by atoms with Crippen LogP contribution in [-0.4, -0.2) is 38.9 Å². The summed E-state index contributed by atoms with van der Waals surface area (Å²) in [5.41, 5.74) is 2.35. The fourth-order valence-corrected chi connectivity index (χ4v) is 3.52. The van der Waals surface area contributed by atoms with Gasteiger partial charge in [0, 0.05) is 49.7 Å². The maximum absolute atomic E-state index is 14.7. The molecule has 0 spiro atoms. The number of imidazole rings is 1. The SMILES string of the molecule is Cn1cc2cc(-c3cc(F)c4nc([C@@H]5CNCCO5)cn4c3)cc(F)c2n1. The van der Waals surface area contributed by atoms with E-state index < -0.39 is 11.6 Å². The van der Waals surface area contributed by atoms with Crippen molar-refractivity contribution in [3.8, 4) is 11.1 Å². The molecule has 3 aromatic heterocycles. The predicted octanol–water partition coefficient (Wildman–Crippen LogP) is 2.83. The van der Waals surface area contributed by atoms with Crippen molar-refractivity contribution < 1.29 is 13.5 Å². The van der Waals surface area contributed by atoms with Gasteiger partial charge in [-0.1, -0.05) is 0 Å². The summed E-state index contributed by atoms with van der Waals surface area (Å²) in [6, 6.07) is 4.56. The van der Waals surface area contributed by atoms with Gasteiger partial charge in [-0.3, -0.25) is 4.68 Å². The molecule has 6 nitrogen and oxygen atoms in total. The summed E-state index contributed by atoms with van der Waals surface area (Å²) in [6.45, 7) is 2.03. The van der Waals surface area contributed by atoms with E-state index in [0.717, 1.165) is 6.54 Å². The van der Waals surface area contributed by atoms with E-state index in [2.05, 4.69) is 15.4 Å². The molecule has 0 saturated carbocycles. The summed E-state index contributed by atoms with van der Waals surface area (Å²) in [5, 5.41) is 8.01. The van der Waals surface area contributed by atoms with Gasteiger partial charge < -0.3 is 14.5 Å². The number of hydrogen-bond donors (Lipinski definition) is 1. The van der Waals surface area contributed by atoms with Crippen molar-refractivity contribution in [2.45, 2.75) is 6.10 Å². The van der Waals surface area contributed by atoms with Crippen LogP contribution < -0.4 is 5.32 Å². The lowest BCUT2D eigenvalue weighted by Crippen LogP contribution is -2.33. The topological polar surface area (TPSA) is 56.4 Å². The second kappa shape index (κ2) is 6.11. The van der Waals surface area contributed by atoms with Gasteiger partial charge in [-0.25, -0.2) is 13.8 Å². The maximum Gasteiger partial charge on any atom is 0.173 e. The summed E-state index contributed by atoms with van der Waals surface area (Å²) in [4.78, 5) is 4.38. The van der Waals surface area contributed by atoms with Crippen molar-refractivity contribution in [1.82, 2.24) is 24.5 Å². The second-order valence-corrected chi connectivity index (χ2v) is 6.74. The van der Waals surface area contributed by atoms with E-state index in [0.29, 0.717) is 40.9 Å². The van der Waals surface area contributed by atoms with Gasteiger partial charge in [-0.15, -0.1) is 0 Å². The molecule has 1 saturated heterocycles. The molecule has 0 aliphatic carbocycles. The van der Waals surface area contributed by atoms with E-state index in [1.54, 1.807) is 40.8 Å². The molecule has 0 unspecified atom stereocenters. The molecule has 1 aromatic carbocycles. The maximum atomic E-state index is 14.7. The predicted molar refractivity (Wildman–Crippen MR) is 96.4 cm³/mol. The van der Waals surface area contributed by atoms with Crippen LogP contribution in [0.4, 0.5) is 8.78 Å². The number of fused-ring (bicyclic) bond motifs is 2. The zero-order valence-corrected chi connectivity index (χ0v) is 14.6. The van der Waals surface area contributed by atoms with Crippen LogP contribution >= 0.6 is 0 Å². The van der Waals surface area contributed by atoms with Gasteiger partial charge in [-0.05, 0) is 23.8 Å². The molecule has 1 atom stereocenters. The number of nitrogens with zero attached hydrogens (tertiary/aromatic N) is 4. The third-order valence-corrected chi connectivity index (χ3v) is 4.79. The Kier molecular flexibility index (Phi) is 3.70. The van der Waals surface area contributed by atoms with Crippen LogP contribution in [0.1, 0.15) is 11.8 Å². The smallest absolute Gasteiger partial charge is 0.173 e. The highest BCUT2D eigenvalue weighted by molar-refractivity contribution is 5.84. The summed E-state index contributed by atoms with van der Waals surface area (Å²) in [5.74, 6) is -0.897. The van der Waals surface area contributed by atoms with Crippen LogP contribution in [0.3, 0.4) is 0 Å². The molecule has 0 bridgehead atoms. The average Bonchev–Trinajstić information content (AvgIpc) is 3.26. The largest absolute Gasteiger partial charge is 0.369 e. The van der Waals surface area contributed by atoms with Crippen LogP contribution in [0.15, 0.2) is 36.8 Å². The summed E-state index contributed by atoms with van der Waals surface area (Å²) in [6.07, 6.45) is 5.05. The Bertz CT molecular complexity index is 1160. The zero-order valence-electron chi connectivity index (χ0n) is 14.6. The summed E-state index contributed by atoms with van der Waals surface area (Å²) in [7, 11) is 1.74. The normalized spacial score (nSPS) is 17.8. The molecule has 1 aliphatic rings. The molecule has 0 amide bonds. The van der Waals surface area contributed by atoms with Crippen molar-refractivity contribution in [3.63, 3.8) is 0 Å². The minimum Gasteiger partial charge on any atom is -0.369 e. The van der Waals surface area contributed by atoms with Gasteiger partial charge in [-0.2, -0.15) is 5.10 Å². The number of benzene rings is 1. The van der Waals surface area contributed by atoms with E-state index >= 15 is 0 Å². The van der Waals surface area contributed by atoms with Gasteiger partial charge in [0.1, 0.15) is 11.6 Å². The molecule has 0 radical (unpaired) electrons. The van der Waals surface area contributed by atoms with E-state index in [4.69, 9.17) is 4.74 Å². The number of ether oxygens (including phenoxy) is 1. The van der Waals surface area contributed by atoms with Crippen molar-refractivity contribution in [2.75, 3.05) is 19.7 Å². The summed E-state index contributed by atoms with van der Waals surface area (Å²) < 4.78 is 38.0. The Morgan fingerprint density at radius 1 is 1.11 bits per heavy atom. The number of morpholine rings is 1. The number of halogens is 2. The average molecular weight is 369 g/mol. The standard InChI is InChI=1S/C19H17F2N5O/c1-25-8-13-4-11(5-14(20)18(13)24-25)12-6-15(21)19-23-16(10-26(19)9-12)17-7-22-2-3-27-17/h4-6,8-10,17,22H,2-3,7H2,1H3/t17-/m0/s1. The van der Waals surface area contributed by atoms with Crippen LogP contribution in [-0.2, 0) is 11.8 Å². The Morgan fingerprint density at radius 3 is 2.78 bits per heavy atom. The van der Waals surface area contributed by atoms with Crippen molar-refractivity contribution in [1.29, 1.82) is 0 Å². The van der Waals surface area contributed by atoms with Crippen molar-refractivity contribution in [2.24, 2.45) is 7.05 Å². The Morgan fingerprint density at radius 2 is 1.96 bits per heavy atom. The van der Waals surface area contributed by atoms with Gasteiger partial charge in [0.2, 0.25) is 0 Å². The molecule has 4 aromatic rings. The first kappa shape index (κ1) is 16.3. The second-order valence-electron chi connectivity index (χ2n) is 6.74. The lowest BCUT2D eigenvalue weighted by Gasteiger charge is -2.21. The molecule has 27 heavy (non-hydrogen) atoms. The van der Waals surface area contributed by atoms with E-state index in [9.17, 15) is 8.78 Å². The van der Waals surface area contributed by atoms with E-state index in [-0.39, 0.29) is 11.8 Å². The van der Waals surface area contributed by atoms with Crippen LogP contribution in [0.5, 0.6) is 0 Å². The fourth-order valence-electron chi connectivity index (χ4n) is 3.52. The first-order chi connectivity index (χ1) is 13.1. The summed E-state index contributed by atoms with van der Waals surface area (Å²) >= 11 is 0. The first-order valence-electron chi connectivity index (χ1n) is 8.72. The molecule has 1 aliphatic heterocycles. The van der Waals surface area contributed by atoms with Gasteiger partial charge in [0.25, 0.3) is 0 Å². The Balaban J connectivity index is 1.61. The quantitative estimate of drug-likeness (QED) is 0.590. The molecule has 138 valence electrons. The van der Waals surface area contributed by atoms with Gasteiger partial charge in [0.15, 0.2) is 17.3 Å². The van der Waals surface area contributed by atoms with E-state index in [1.807, 2.05) is 0 Å². The van der Waals surface area contributed by atoms with Crippen LogP contribution in [0, 0.1) is 11.6 Å². The molecule has 8 heteroatoms. The van der Waals surface area contributed by atoms with Gasteiger partial charge >= 0.3 is 0 Å². The van der Waals surface area contributed by atoms with Crippen LogP contribution in [0.25, 0.3) is 27.7 Å². The third kappa shape index (κ3) is 2.77. The molecular weight excluding hydrogens is 352 g/mol.